The number of Topliss-reactive ketones (excluding diaryl/α,β-unsaturated/α-hetero) is 1. The number of thiophene rings is 1. The van der Waals surface area contributed by atoms with Crippen LogP contribution in [0.25, 0.3) is 21.2 Å². The van der Waals surface area contributed by atoms with Gasteiger partial charge in [0.15, 0.2) is 5.78 Å². The van der Waals surface area contributed by atoms with Crippen molar-refractivity contribution in [3.8, 4) is 11.1 Å². The second-order valence-corrected chi connectivity index (χ2v) is 9.27. The second-order valence-electron chi connectivity index (χ2n) is 8.22. The van der Waals surface area contributed by atoms with Gasteiger partial charge in [0.1, 0.15) is 0 Å². The number of piperidine rings is 3. The van der Waals surface area contributed by atoms with Crippen molar-refractivity contribution in [1.29, 1.82) is 0 Å². The fourth-order valence-corrected chi connectivity index (χ4v) is 6.07. The zero-order valence-electron chi connectivity index (χ0n) is 15.9. The Morgan fingerprint density at radius 2 is 1.93 bits per heavy atom. The third-order valence-corrected chi connectivity index (χ3v) is 7.70. The van der Waals surface area contributed by atoms with Gasteiger partial charge in [0.05, 0.1) is 11.5 Å². The van der Waals surface area contributed by atoms with Gasteiger partial charge >= 0.3 is 0 Å². The van der Waals surface area contributed by atoms with Crippen LogP contribution in [-0.4, -0.2) is 35.4 Å². The van der Waals surface area contributed by atoms with Crippen LogP contribution in [0.4, 0.5) is 0 Å². The summed E-state index contributed by atoms with van der Waals surface area (Å²) in [6.07, 6.45) is 3.20. The highest BCUT2D eigenvalue weighted by Crippen LogP contribution is 2.38. The number of carbonyl (C=O) groups is 1. The highest BCUT2D eigenvalue weighted by atomic mass is 32.1. The molecule has 0 amide bonds. The van der Waals surface area contributed by atoms with Crippen LogP contribution in [0, 0.1) is 11.8 Å². The molecule has 0 radical (unpaired) electrons. The van der Waals surface area contributed by atoms with Gasteiger partial charge in [-0.25, -0.2) is 0 Å². The van der Waals surface area contributed by atoms with E-state index in [0.29, 0.717) is 18.1 Å². The van der Waals surface area contributed by atoms with E-state index in [1.165, 1.54) is 25.9 Å². The lowest BCUT2D eigenvalue weighted by atomic mass is 9.76. The molecule has 4 heteroatoms. The van der Waals surface area contributed by atoms with E-state index in [0.717, 1.165) is 44.1 Å². The van der Waals surface area contributed by atoms with Crippen LogP contribution in [0.5, 0.6) is 0 Å². The summed E-state index contributed by atoms with van der Waals surface area (Å²) in [6, 6.07) is 16.3. The van der Waals surface area contributed by atoms with Crippen molar-refractivity contribution in [3.63, 3.8) is 0 Å². The maximum Gasteiger partial charge on any atom is 0.173 e. The molecular formula is C24H25NO2S. The molecule has 1 atom stereocenters. The number of rotatable bonds is 5. The second kappa shape index (κ2) is 7.43. The van der Waals surface area contributed by atoms with Crippen LogP contribution in [0.1, 0.15) is 34.5 Å². The quantitative estimate of drug-likeness (QED) is 0.624. The molecule has 3 aliphatic rings. The Labute approximate surface area is 169 Å². The van der Waals surface area contributed by atoms with Crippen LogP contribution >= 0.6 is 11.3 Å². The largest absolute Gasteiger partial charge is 0.392 e. The number of fused-ring (bicyclic) bond motifs is 4. The molecule has 6 rings (SSSR count). The zero-order valence-corrected chi connectivity index (χ0v) is 16.8. The van der Waals surface area contributed by atoms with Gasteiger partial charge in [0.25, 0.3) is 0 Å². The number of benzene rings is 2. The van der Waals surface area contributed by atoms with Crippen LogP contribution in [0.2, 0.25) is 0 Å². The number of aliphatic hydroxyl groups is 1. The van der Waals surface area contributed by atoms with E-state index in [2.05, 4.69) is 35.2 Å². The number of aliphatic hydroxyl groups excluding tert-OH is 1. The van der Waals surface area contributed by atoms with Crippen molar-refractivity contribution >= 4 is 27.2 Å². The van der Waals surface area contributed by atoms with Gasteiger partial charge in [-0.05, 0) is 72.0 Å². The standard InChI is InChI=1S/C24H25NO2S/c26-15-16-3-1-4-18(11-16)21-6-2-5-19-13-23(28-24(19)21)22(27)12-20-14-25-9-7-17(20)8-10-25/h1-6,11,13,17,20,26H,7-10,12,14-15H2/t20-/m0/s1. The highest BCUT2D eigenvalue weighted by Gasteiger charge is 2.35. The Kier molecular flexibility index (Phi) is 4.79. The summed E-state index contributed by atoms with van der Waals surface area (Å²) in [4.78, 5) is 16.5. The van der Waals surface area contributed by atoms with Crippen molar-refractivity contribution in [2.45, 2.75) is 25.9 Å². The van der Waals surface area contributed by atoms with Crippen molar-refractivity contribution in [2.75, 3.05) is 19.6 Å². The van der Waals surface area contributed by atoms with Gasteiger partial charge in [-0.3, -0.25) is 4.79 Å². The number of carbonyl (C=O) groups excluding carboxylic acids is 1. The Bertz CT molecular complexity index is 1020. The predicted molar refractivity (Wildman–Crippen MR) is 115 cm³/mol. The maximum absolute atomic E-state index is 13.1. The molecule has 0 unspecified atom stereocenters. The molecule has 28 heavy (non-hydrogen) atoms. The lowest BCUT2D eigenvalue weighted by Gasteiger charge is -2.44. The van der Waals surface area contributed by atoms with Crippen molar-refractivity contribution in [1.82, 2.24) is 4.90 Å². The molecule has 1 N–H and O–H groups in total. The molecule has 3 saturated heterocycles. The molecular weight excluding hydrogens is 366 g/mol. The van der Waals surface area contributed by atoms with Gasteiger partial charge in [0, 0.05) is 17.7 Å². The van der Waals surface area contributed by atoms with Gasteiger partial charge in [-0.15, -0.1) is 11.3 Å². The third-order valence-electron chi connectivity index (χ3n) is 6.48. The fraction of sp³-hybridized carbons (Fsp3) is 0.375. The average molecular weight is 392 g/mol. The average Bonchev–Trinajstić information content (AvgIpc) is 3.19. The molecule has 1 aromatic heterocycles. The molecule has 3 nitrogen and oxygen atoms in total. The van der Waals surface area contributed by atoms with E-state index in [4.69, 9.17) is 0 Å². The molecule has 4 heterocycles. The highest BCUT2D eigenvalue weighted by molar-refractivity contribution is 7.21. The van der Waals surface area contributed by atoms with Crippen molar-refractivity contribution in [3.05, 3.63) is 59.0 Å². The molecule has 0 spiro atoms. The first-order valence-electron chi connectivity index (χ1n) is 10.2. The minimum atomic E-state index is 0.0393. The van der Waals surface area contributed by atoms with Crippen molar-refractivity contribution < 1.29 is 9.90 Å². The number of hydrogen-bond acceptors (Lipinski definition) is 4. The number of nitrogens with zero attached hydrogens (tertiary/aromatic N) is 1. The van der Waals surface area contributed by atoms with Crippen LogP contribution in [0.3, 0.4) is 0 Å². The molecule has 144 valence electrons. The van der Waals surface area contributed by atoms with Crippen molar-refractivity contribution in [2.24, 2.45) is 11.8 Å². The first-order chi connectivity index (χ1) is 13.7. The molecule has 3 aromatic rings. The Hall–Kier alpha value is -2.01. The van der Waals surface area contributed by atoms with Gasteiger partial charge in [-0.2, -0.15) is 0 Å². The maximum atomic E-state index is 13.1. The van der Waals surface area contributed by atoms with Gasteiger partial charge in [-0.1, -0.05) is 36.4 Å². The smallest absolute Gasteiger partial charge is 0.173 e. The Morgan fingerprint density at radius 1 is 1.11 bits per heavy atom. The Morgan fingerprint density at radius 3 is 2.68 bits per heavy atom. The summed E-state index contributed by atoms with van der Waals surface area (Å²) < 4.78 is 1.16. The summed E-state index contributed by atoms with van der Waals surface area (Å²) in [6.45, 7) is 3.57. The normalized spacial score (nSPS) is 24.0. The van der Waals surface area contributed by atoms with E-state index in [9.17, 15) is 9.90 Å². The number of ketones is 1. The van der Waals surface area contributed by atoms with E-state index >= 15 is 0 Å². The first kappa shape index (κ1) is 18.0. The fourth-order valence-electron chi connectivity index (χ4n) is 4.92. The topological polar surface area (TPSA) is 40.5 Å². The lowest BCUT2D eigenvalue weighted by Crippen LogP contribution is -2.47. The lowest BCUT2D eigenvalue weighted by molar-refractivity contribution is 0.0442. The molecule has 2 bridgehead atoms. The van der Waals surface area contributed by atoms with Crippen LogP contribution < -0.4 is 0 Å². The van der Waals surface area contributed by atoms with Crippen LogP contribution in [0.15, 0.2) is 48.5 Å². The molecule has 0 aliphatic carbocycles. The summed E-state index contributed by atoms with van der Waals surface area (Å²) in [5.74, 6) is 1.57. The van der Waals surface area contributed by atoms with E-state index < -0.39 is 0 Å². The molecule has 3 fully saturated rings. The minimum Gasteiger partial charge on any atom is -0.392 e. The monoisotopic (exact) mass is 391 g/mol. The number of hydrogen-bond donors (Lipinski definition) is 1. The summed E-state index contributed by atoms with van der Waals surface area (Å²) >= 11 is 1.62. The summed E-state index contributed by atoms with van der Waals surface area (Å²) in [7, 11) is 0. The zero-order chi connectivity index (χ0) is 19.1. The van der Waals surface area contributed by atoms with E-state index in [1.807, 2.05) is 18.2 Å². The Balaban J connectivity index is 1.44. The molecule has 3 aliphatic heterocycles. The summed E-state index contributed by atoms with van der Waals surface area (Å²) in [5.41, 5.74) is 3.14. The van der Waals surface area contributed by atoms with E-state index in [1.54, 1.807) is 11.3 Å². The molecule has 2 aromatic carbocycles. The van der Waals surface area contributed by atoms with Gasteiger partial charge < -0.3 is 10.0 Å². The van der Waals surface area contributed by atoms with Gasteiger partial charge in [0.2, 0.25) is 0 Å². The first-order valence-corrected chi connectivity index (χ1v) is 11.0. The van der Waals surface area contributed by atoms with Crippen LogP contribution in [-0.2, 0) is 6.61 Å². The SMILES string of the molecule is O=C(C[C@H]1CN2CCC1CC2)c1cc2cccc(-c3cccc(CO)c3)c2s1. The minimum absolute atomic E-state index is 0.0393. The van der Waals surface area contributed by atoms with E-state index in [-0.39, 0.29) is 6.61 Å². The molecule has 0 saturated carbocycles. The predicted octanol–water partition coefficient (Wildman–Crippen LogP) is 4.98. The third kappa shape index (κ3) is 3.30. The summed E-state index contributed by atoms with van der Waals surface area (Å²) in [5, 5.41) is 10.6.